The summed E-state index contributed by atoms with van der Waals surface area (Å²) in [4.78, 5) is 7.67. The molecule has 0 spiro atoms. The number of phenols is 1. The molecule has 3 N–H and O–H groups in total. The van der Waals surface area contributed by atoms with Crippen LogP contribution in [-0.2, 0) is 6.42 Å². The van der Waals surface area contributed by atoms with E-state index < -0.39 is 0 Å². The van der Waals surface area contributed by atoms with Crippen LogP contribution in [0, 0.1) is 0 Å². The van der Waals surface area contributed by atoms with Gasteiger partial charge in [-0.1, -0.05) is 13.0 Å². The number of nitrogens with one attached hydrogen (secondary N) is 2. The largest absolute Gasteiger partial charge is 0.508 e. The summed E-state index contributed by atoms with van der Waals surface area (Å²) >= 11 is 0. The molecule has 2 aromatic carbocycles. The number of aromatic nitrogens is 4. The summed E-state index contributed by atoms with van der Waals surface area (Å²) < 4.78 is 0. The van der Waals surface area contributed by atoms with Crippen LogP contribution in [-0.4, -0.2) is 31.5 Å². The van der Waals surface area contributed by atoms with Gasteiger partial charge in [0.15, 0.2) is 5.65 Å². The molecule has 0 saturated carbocycles. The number of hydrazone groups is 1. The molecule has 7 nitrogen and oxygen atoms in total. The van der Waals surface area contributed by atoms with Crippen molar-refractivity contribution in [3.8, 4) is 5.75 Å². The van der Waals surface area contributed by atoms with Crippen LogP contribution in [0.15, 0.2) is 47.6 Å². The van der Waals surface area contributed by atoms with Crippen LogP contribution in [0.2, 0.25) is 0 Å². The van der Waals surface area contributed by atoms with Crippen molar-refractivity contribution in [1.29, 1.82) is 0 Å². The smallest absolute Gasteiger partial charge is 0.265 e. The second-order valence-electron chi connectivity index (χ2n) is 5.65. The predicted octanol–water partition coefficient (Wildman–Crippen LogP) is 3.22. The second-order valence-corrected chi connectivity index (χ2v) is 5.65. The lowest BCUT2D eigenvalue weighted by Crippen LogP contribution is -1.98. The van der Waals surface area contributed by atoms with Gasteiger partial charge in [-0.2, -0.15) is 10.1 Å². The van der Waals surface area contributed by atoms with E-state index in [0.717, 1.165) is 28.4 Å². The van der Waals surface area contributed by atoms with Crippen LogP contribution in [0.5, 0.6) is 5.75 Å². The van der Waals surface area contributed by atoms with Gasteiger partial charge in [-0.15, -0.1) is 10.2 Å². The lowest BCUT2D eigenvalue weighted by molar-refractivity contribution is 0.475. The van der Waals surface area contributed by atoms with E-state index in [1.54, 1.807) is 30.5 Å². The molecule has 0 radical (unpaired) electrons. The van der Waals surface area contributed by atoms with Crippen molar-refractivity contribution >= 4 is 34.2 Å². The highest BCUT2D eigenvalue weighted by Gasteiger charge is 2.09. The summed E-state index contributed by atoms with van der Waals surface area (Å²) in [7, 11) is 0. The van der Waals surface area contributed by atoms with Gasteiger partial charge in [-0.05, 0) is 53.9 Å². The molecule has 0 aliphatic carbocycles. The van der Waals surface area contributed by atoms with Gasteiger partial charge >= 0.3 is 0 Å². The van der Waals surface area contributed by atoms with Gasteiger partial charge in [0.2, 0.25) is 0 Å². The molecule has 0 bridgehead atoms. The number of benzene rings is 2. The predicted molar refractivity (Wildman–Crippen MR) is 97.9 cm³/mol. The van der Waals surface area contributed by atoms with Gasteiger partial charge in [0.05, 0.1) is 6.21 Å². The number of nitrogens with zero attached hydrogens (tertiary/aromatic N) is 4. The molecule has 0 aliphatic rings. The van der Waals surface area contributed by atoms with Gasteiger partial charge in [-0.3, -0.25) is 0 Å². The normalized spacial score (nSPS) is 11.6. The number of anilines is 1. The van der Waals surface area contributed by atoms with Gasteiger partial charge in [-0.25, -0.2) is 5.43 Å². The highest BCUT2D eigenvalue weighted by atomic mass is 16.3. The van der Waals surface area contributed by atoms with E-state index in [-0.39, 0.29) is 5.75 Å². The minimum absolute atomic E-state index is 0.216. The Morgan fingerprint density at radius 1 is 1.16 bits per heavy atom. The summed E-state index contributed by atoms with van der Waals surface area (Å²) in [6, 6.07) is 12.9. The summed E-state index contributed by atoms with van der Waals surface area (Å²) in [6.45, 7) is 2.12. The zero-order valence-electron chi connectivity index (χ0n) is 13.6. The Labute approximate surface area is 143 Å². The van der Waals surface area contributed by atoms with Crippen LogP contribution in [0.25, 0.3) is 22.1 Å². The van der Waals surface area contributed by atoms with E-state index in [4.69, 9.17) is 0 Å². The van der Waals surface area contributed by atoms with E-state index >= 15 is 0 Å². The Bertz CT molecular complexity index is 1070. The minimum atomic E-state index is 0.216. The Kier molecular flexibility index (Phi) is 3.74. The number of H-pyrrole nitrogens is 1. The highest BCUT2D eigenvalue weighted by molar-refractivity contribution is 6.03. The maximum absolute atomic E-state index is 9.26. The first-order chi connectivity index (χ1) is 12.2. The molecule has 0 aliphatic heterocycles. The molecule has 7 heteroatoms. The number of aryl methyl sites for hydroxylation is 1. The zero-order chi connectivity index (χ0) is 17.2. The van der Waals surface area contributed by atoms with Crippen LogP contribution >= 0.6 is 0 Å². The molecule has 0 fully saturated rings. The van der Waals surface area contributed by atoms with Crippen LogP contribution in [0.3, 0.4) is 0 Å². The standard InChI is InChI=1S/C18H16N6O/c1-2-11-5-8-15-14(9-11)16-17(20-15)21-18(24-22-16)23-19-10-12-3-6-13(25)7-4-12/h3-10,25H,2H2,1H3,(H2,20,21,23,24)/b19-10+. The maximum atomic E-state index is 9.26. The molecule has 25 heavy (non-hydrogen) atoms. The Morgan fingerprint density at radius 3 is 2.80 bits per heavy atom. The van der Waals surface area contributed by atoms with Gasteiger partial charge in [0.1, 0.15) is 11.3 Å². The van der Waals surface area contributed by atoms with Crippen LogP contribution < -0.4 is 5.43 Å². The molecule has 2 aromatic heterocycles. The van der Waals surface area contributed by atoms with E-state index in [2.05, 4.69) is 49.7 Å². The summed E-state index contributed by atoms with van der Waals surface area (Å²) in [5.41, 5.74) is 7.26. The van der Waals surface area contributed by atoms with Crippen molar-refractivity contribution in [2.24, 2.45) is 5.10 Å². The monoisotopic (exact) mass is 332 g/mol. The van der Waals surface area contributed by atoms with Crippen LogP contribution in [0.1, 0.15) is 18.1 Å². The van der Waals surface area contributed by atoms with Gasteiger partial charge < -0.3 is 10.1 Å². The average molecular weight is 332 g/mol. The van der Waals surface area contributed by atoms with E-state index in [0.29, 0.717) is 11.6 Å². The molecular weight excluding hydrogens is 316 g/mol. The fourth-order valence-electron chi connectivity index (χ4n) is 2.61. The fraction of sp³-hybridized carbons (Fsp3) is 0.111. The Morgan fingerprint density at radius 2 is 2.00 bits per heavy atom. The van der Waals surface area contributed by atoms with E-state index in [9.17, 15) is 5.11 Å². The molecule has 0 saturated heterocycles. The molecule has 4 aromatic rings. The first-order valence-electron chi connectivity index (χ1n) is 7.96. The van der Waals surface area contributed by atoms with Crippen molar-refractivity contribution in [3.05, 3.63) is 53.6 Å². The maximum Gasteiger partial charge on any atom is 0.265 e. The lowest BCUT2D eigenvalue weighted by Gasteiger charge is -1.98. The highest BCUT2D eigenvalue weighted by Crippen LogP contribution is 2.23. The van der Waals surface area contributed by atoms with Crippen molar-refractivity contribution in [1.82, 2.24) is 20.2 Å². The van der Waals surface area contributed by atoms with Crippen molar-refractivity contribution in [2.45, 2.75) is 13.3 Å². The van der Waals surface area contributed by atoms with Crippen molar-refractivity contribution < 1.29 is 5.11 Å². The average Bonchev–Trinajstić information content (AvgIpc) is 3.00. The summed E-state index contributed by atoms with van der Waals surface area (Å²) in [6.07, 6.45) is 2.58. The summed E-state index contributed by atoms with van der Waals surface area (Å²) in [5.74, 6) is 0.526. The number of hydrogen-bond donors (Lipinski definition) is 3. The zero-order valence-corrected chi connectivity index (χ0v) is 13.6. The van der Waals surface area contributed by atoms with Gasteiger partial charge in [0, 0.05) is 10.9 Å². The third-order valence-electron chi connectivity index (χ3n) is 3.96. The van der Waals surface area contributed by atoms with E-state index in [1.165, 1.54) is 5.56 Å². The summed E-state index contributed by atoms with van der Waals surface area (Å²) in [5, 5.41) is 22.7. The first-order valence-corrected chi connectivity index (χ1v) is 7.96. The van der Waals surface area contributed by atoms with Gasteiger partial charge in [0.25, 0.3) is 5.95 Å². The SMILES string of the molecule is CCc1ccc2[nH]c3nc(N/N=C/c4ccc(O)cc4)nnc3c2c1. The molecule has 4 rings (SSSR count). The molecule has 0 unspecified atom stereocenters. The third kappa shape index (κ3) is 2.99. The van der Waals surface area contributed by atoms with Crippen LogP contribution in [0.4, 0.5) is 5.95 Å². The molecular formula is C18H16N6O. The number of hydrogen-bond acceptors (Lipinski definition) is 6. The number of aromatic hydroxyl groups is 1. The Balaban J connectivity index is 1.60. The number of rotatable bonds is 4. The molecule has 124 valence electrons. The fourth-order valence-corrected chi connectivity index (χ4v) is 2.61. The topological polar surface area (TPSA) is 99.1 Å². The lowest BCUT2D eigenvalue weighted by atomic mass is 10.1. The van der Waals surface area contributed by atoms with Crippen molar-refractivity contribution in [2.75, 3.05) is 5.43 Å². The Hall–Kier alpha value is -3.48. The molecule has 0 amide bonds. The minimum Gasteiger partial charge on any atom is -0.508 e. The van der Waals surface area contributed by atoms with Crippen molar-refractivity contribution in [3.63, 3.8) is 0 Å². The third-order valence-corrected chi connectivity index (χ3v) is 3.96. The number of aromatic amines is 1. The van der Waals surface area contributed by atoms with E-state index in [1.807, 2.05) is 6.07 Å². The quantitative estimate of drug-likeness (QED) is 0.394. The number of phenolic OH excluding ortho intramolecular Hbond substituents is 1. The second kappa shape index (κ2) is 6.20. The number of fused-ring (bicyclic) bond motifs is 3. The molecule has 0 atom stereocenters. The molecule has 2 heterocycles. The first kappa shape index (κ1) is 15.1.